The van der Waals surface area contributed by atoms with E-state index in [-0.39, 0.29) is 17.6 Å². The van der Waals surface area contributed by atoms with Crippen molar-refractivity contribution in [2.24, 2.45) is 5.92 Å². The highest BCUT2D eigenvalue weighted by atomic mass is 19.1. The van der Waals surface area contributed by atoms with Crippen molar-refractivity contribution in [3.8, 4) is 0 Å². The van der Waals surface area contributed by atoms with Crippen molar-refractivity contribution in [3.05, 3.63) is 71.0 Å². The third kappa shape index (κ3) is 5.16. The van der Waals surface area contributed by atoms with Crippen LogP contribution in [-0.2, 0) is 0 Å². The number of likely N-dealkylation sites (tertiary alicyclic amines) is 1. The molecule has 0 radical (unpaired) electrons. The van der Waals surface area contributed by atoms with Crippen molar-refractivity contribution in [1.82, 2.24) is 10.2 Å². The normalized spacial score (nSPS) is 14.8. The fourth-order valence-electron chi connectivity index (χ4n) is 3.48. The number of piperidine rings is 1. The predicted octanol–water partition coefficient (Wildman–Crippen LogP) is 3.81. The van der Waals surface area contributed by atoms with Crippen molar-refractivity contribution in [1.29, 1.82) is 0 Å². The van der Waals surface area contributed by atoms with Gasteiger partial charge in [0.2, 0.25) is 0 Å². The van der Waals surface area contributed by atoms with Crippen molar-refractivity contribution in [2.75, 3.05) is 19.6 Å². The monoisotopic (exact) mass is 368 g/mol. The third-order valence-electron chi connectivity index (χ3n) is 5.11. The van der Waals surface area contributed by atoms with Crippen molar-refractivity contribution in [2.45, 2.75) is 26.2 Å². The SMILES string of the molecule is Cc1cccc(C(=O)NCCC2CCN(C(=O)c3ccc(F)cc3)CC2)c1. The number of hydrogen-bond acceptors (Lipinski definition) is 2. The Bertz CT molecular complexity index is 796. The Morgan fingerprint density at radius 2 is 1.78 bits per heavy atom. The number of nitrogens with zero attached hydrogens (tertiary/aromatic N) is 1. The summed E-state index contributed by atoms with van der Waals surface area (Å²) >= 11 is 0. The van der Waals surface area contributed by atoms with Gasteiger partial charge in [-0.3, -0.25) is 9.59 Å². The van der Waals surface area contributed by atoms with E-state index in [2.05, 4.69) is 5.32 Å². The number of nitrogens with one attached hydrogen (secondary N) is 1. The summed E-state index contributed by atoms with van der Waals surface area (Å²) in [7, 11) is 0. The molecule has 142 valence electrons. The molecule has 27 heavy (non-hydrogen) atoms. The smallest absolute Gasteiger partial charge is 0.253 e. The summed E-state index contributed by atoms with van der Waals surface area (Å²) in [5, 5.41) is 2.98. The number of benzene rings is 2. The lowest BCUT2D eigenvalue weighted by molar-refractivity contribution is 0.0687. The lowest BCUT2D eigenvalue weighted by Crippen LogP contribution is -2.39. The topological polar surface area (TPSA) is 49.4 Å². The largest absolute Gasteiger partial charge is 0.352 e. The molecule has 0 bridgehead atoms. The van der Waals surface area contributed by atoms with Gasteiger partial charge in [0.1, 0.15) is 5.82 Å². The maximum absolute atomic E-state index is 13.0. The Morgan fingerprint density at radius 1 is 1.07 bits per heavy atom. The molecule has 1 fully saturated rings. The van der Waals surface area contributed by atoms with Crippen molar-refractivity contribution >= 4 is 11.8 Å². The number of carbonyl (C=O) groups is 2. The number of halogens is 1. The molecule has 1 aliphatic rings. The van der Waals surface area contributed by atoms with Gasteiger partial charge in [-0.15, -0.1) is 0 Å². The van der Waals surface area contributed by atoms with Gasteiger partial charge in [-0.25, -0.2) is 4.39 Å². The summed E-state index contributed by atoms with van der Waals surface area (Å²) in [6.45, 7) is 4.01. The van der Waals surface area contributed by atoms with Crippen LogP contribution >= 0.6 is 0 Å². The van der Waals surface area contributed by atoms with Crippen LogP contribution in [0.25, 0.3) is 0 Å². The maximum atomic E-state index is 13.0. The van der Waals surface area contributed by atoms with E-state index in [1.807, 2.05) is 36.1 Å². The molecular weight excluding hydrogens is 343 g/mol. The molecule has 0 saturated carbocycles. The number of hydrogen-bond donors (Lipinski definition) is 1. The second-order valence-corrected chi connectivity index (χ2v) is 7.16. The van der Waals surface area contributed by atoms with Gasteiger partial charge in [-0.05, 0) is 68.5 Å². The lowest BCUT2D eigenvalue weighted by atomic mass is 9.93. The molecule has 1 aliphatic heterocycles. The van der Waals surface area contributed by atoms with Gasteiger partial charge in [0.05, 0.1) is 0 Å². The minimum atomic E-state index is -0.335. The van der Waals surface area contributed by atoms with Crippen LogP contribution in [0.5, 0.6) is 0 Å². The molecule has 4 nitrogen and oxygen atoms in total. The van der Waals surface area contributed by atoms with Gasteiger partial charge in [0, 0.05) is 30.8 Å². The summed E-state index contributed by atoms with van der Waals surface area (Å²) in [5.74, 6) is 0.0851. The van der Waals surface area contributed by atoms with E-state index in [0.29, 0.717) is 36.7 Å². The average molecular weight is 368 g/mol. The molecule has 2 aromatic carbocycles. The molecule has 2 amide bonds. The predicted molar refractivity (Wildman–Crippen MR) is 103 cm³/mol. The summed E-state index contributed by atoms with van der Waals surface area (Å²) in [6.07, 6.45) is 2.76. The quantitative estimate of drug-likeness (QED) is 0.873. The molecule has 0 aliphatic carbocycles. The second-order valence-electron chi connectivity index (χ2n) is 7.16. The fourth-order valence-corrected chi connectivity index (χ4v) is 3.48. The summed E-state index contributed by atoms with van der Waals surface area (Å²) in [6, 6.07) is 13.3. The summed E-state index contributed by atoms with van der Waals surface area (Å²) in [5.41, 5.74) is 2.29. The van der Waals surface area contributed by atoms with E-state index in [1.165, 1.54) is 24.3 Å². The van der Waals surface area contributed by atoms with Gasteiger partial charge in [-0.2, -0.15) is 0 Å². The number of aryl methyl sites for hydroxylation is 1. The molecule has 1 heterocycles. The van der Waals surface area contributed by atoms with Gasteiger partial charge < -0.3 is 10.2 Å². The Morgan fingerprint density at radius 3 is 2.44 bits per heavy atom. The third-order valence-corrected chi connectivity index (χ3v) is 5.11. The zero-order valence-electron chi connectivity index (χ0n) is 15.6. The molecule has 2 aromatic rings. The summed E-state index contributed by atoms with van der Waals surface area (Å²) < 4.78 is 13.0. The minimum absolute atomic E-state index is 0.0392. The highest BCUT2D eigenvalue weighted by Gasteiger charge is 2.23. The Hall–Kier alpha value is -2.69. The molecule has 1 saturated heterocycles. The van der Waals surface area contributed by atoms with Crippen LogP contribution < -0.4 is 5.32 Å². The first-order chi connectivity index (χ1) is 13.0. The number of carbonyl (C=O) groups excluding carboxylic acids is 2. The van der Waals surface area contributed by atoms with Crippen LogP contribution in [0.2, 0.25) is 0 Å². The van der Waals surface area contributed by atoms with Crippen molar-refractivity contribution < 1.29 is 14.0 Å². The van der Waals surface area contributed by atoms with E-state index in [1.54, 1.807) is 0 Å². The van der Waals surface area contributed by atoms with Crippen LogP contribution in [0.3, 0.4) is 0 Å². The van der Waals surface area contributed by atoms with Crippen LogP contribution in [-0.4, -0.2) is 36.3 Å². The van der Waals surface area contributed by atoms with Gasteiger partial charge in [0.25, 0.3) is 11.8 Å². The van der Waals surface area contributed by atoms with Gasteiger partial charge in [0.15, 0.2) is 0 Å². The Balaban J connectivity index is 1.41. The van der Waals surface area contributed by atoms with E-state index in [9.17, 15) is 14.0 Å². The lowest BCUT2D eigenvalue weighted by Gasteiger charge is -2.32. The second kappa shape index (κ2) is 8.80. The number of amides is 2. The molecule has 0 aromatic heterocycles. The zero-order chi connectivity index (χ0) is 19.2. The minimum Gasteiger partial charge on any atom is -0.352 e. The van der Waals surface area contributed by atoms with E-state index < -0.39 is 0 Å². The Labute approximate surface area is 159 Å². The van der Waals surface area contributed by atoms with Crippen LogP contribution in [0.4, 0.5) is 4.39 Å². The van der Waals surface area contributed by atoms with Gasteiger partial charge >= 0.3 is 0 Å². The van der Waals surface area contributed by atoms with Crippen LogP contribution in [0.15, 0.2) is 48.5 Å². The highest BCUT2D eigenvalue weighted by Crippen LogP contribution is 2.21. The molecule has 5 heteroatoms. The molecule has 1 N–H and O–H groups in total. The van der Waals surface area contributed by atoms with E-state index >= 15 is 0 Å². The first-order valence-corrected chi connectivity index (χ1v) is 9.42. The van der Waals surface area contributed by atoms with Crippen LogP contribution in [0.1, 0.15) is 45.5 Å². The zero-order valence-corrected chi connectivity index (χ0v) is 15.6. The maximum Gasteiger partial charge on any atom is 0.253 e. The molecule has 0 atom stereocenters. The molecular formula is C22H25FN2O2. The van der Waals surface area contributed by atoms with Crippen LogP contribution in [0, 0.1) is 18.7 Å². The van der Waals surface area contributed by atoms with Crippen molar-refractivity contribution in [3.63, 3.8) is 0 Å². The first kappa shape index (κ1) is 19.1. The highest BCUT2D eigenvalue weighted by molar-refractivity contribution is 5.94. The average Bonchev–Trinajstić information content (AvgIpc) is 2.68. The Kier molecular flexibility index (Phi) is 6.22. The molecule has 3 rings (SSSR count). The van der Waals surface area contributed by atoms with E-state index in [0.717, 1.165) is 24.8 Å². The molecule has 0 spiro atoms. The summed E-state index contributed by atoms with van der Waals surface area (Å²) in [4.78, 5) is 26.5. The number of rotatable bonds is 5. The van der Waals surface area contributed by atoms with Gasteiger partial charge in [-0.1, -0.05) is 17.7 Å². The standard InChI is InChI=1S/C22H25FN2O2/c1-16-3-2-4-19(15-16)21(26)24-12-9-17-10-13-25(14-11-17)22(27)18-5-7-20(23)8-6-18/h2-8,15,17H,9-14H2,1H3,(H,24,26). The van der Waals surface area contributed by atoms with E-state index in [4.69, 9.17) is 0 Å². The first-order valence-electron chi connectivity index (χ1n) is 9.42. The fraction of sp³-hybridized carbons (Fsp3) is 0.364. The molecule has 0 unspecified atom stereocenters.